The van der Waals surface area contributed by atoms with Gasteiger partial charge in [0.2, 0.25) is 0 Å². The molecule has 0 unspecified atom stereocenters. The number of nitrogens with one attached hydrogen (secondary N) is 1. The largest absolute Gasteiger partial charge is 0.480 e. The maximum Gasteiger partial charge on any atom is 0.326 e. The number of rotatable bonds is 5. The van der Waals surface area contributed by atoms with Gasteiger partial charge in [0.25, 0.3) is 5.91 Å². The normalized spacial score (nSPS) is 12.0. The third-order valence-electron chi connectivity index (χ3n) is 3.59. The van der Waals surface area contributed by atoms with Gasteiger partial charge in [-0.2, -0.15) is 0 Å². The number of nitrogens with zero attached hydrogens (tertiary/aromatic N) is 2. The zero-order chi connectivity index (χ0) is 17.1. The number of carboxylic acids is 1. The summed E-state index contributed by atoms with van der Waals surface area (Å²) >= 11 is 6.05. The molecule has 3 aromatic rings. The SMILES string of the molecule is O=C(N[C@@H](Cc1ccccc1)C(=O)O)c1c(Cl)nc2ccccn12. The van der Waals surface area contributed by atoms with Crippen molar-refractivity contribution in [3.8, 4) is 0 Å². The molecule has 0 aliphatic carbocycles. The van der Waals surface area contributed by atoms with Gasteiger partial charge < -0.3 is 10.4 Å². The lowest BCUT2D eigenvalue weighted by Gasteiger charge is -2.14. The molecule has 2 aromatic heterocycles. The number of hydrogen-bond donors (Lipinski definition) is 2. The second kappa shape index (κ2) is 6.72. The Labute approximate surface area is 142 Å². The van der Waals surface area contributed by atoms with Crippen molar-refractivity contribution in [3.05, 3.63) is 71.1 Å². The second-order valence-electron chi connectivity index (χ2n) is 5.23. The molecule has 0 saturated carbocycles. The fourth-order valence-corrected chi connectivity index (χ4v) is 2.71. The zero-order valence-electron chi connectivity index (χ0n) is 12.5. The van der Waals surface area contributed by atoms with Crippen molar-refractivity contribution in [2.24, 2.45) is 0 Å². The van der Waals surface area contributed by atoms with Crippen LogP contribution in [0.4, 0.5) is 0 Å². The van der Waals surface area contributed by atoms with E-state index in [-0.39, 0.29) is 17.3 Å². The number of amides is 1. The summed E-state index contributed by atoms with van der Waals surface area (Å²) in [5.41, 5.74) is 1.45. The Bertz CT molecular complexity index is 892. The van der Waals surface area contributed by atoms with Crippen LogP contribution >= 0.6 is 11.6 Å². The Morgan fingerprint density at radius 3 is 2.58 bits per heavy atom. The molecule has 24 heavy (non-hydrogen) atoms. The van der Waals surface area contributed by atoms with Gasteiger partial charge in [-0.3, -0.25) is 9.20 Å². The fourth-order valence-electron chi connectivity index (χ4n) is 2.45. The summed E-state index contributed by atoms with van der Waals surface area (Å²) in [7, 11) is 0. The number of pyridine rings is 1. The van der Waals surface area contributed by atoms with E-state index in [1.165, 1.54) is 4.40 Å². The van der Waals surface area contributed by atoms with Crippen molar-refractivity contribution < 1.29 is 14.7 Å². The summed E-state index contributed by atoms with van der Waals surface area (Å²) in [5.74, 6) is -1.70. The minimum Gasteiger partial charge on any atom is -0.480 e. The molecule has 0 aliphatic rings. The van der Waals surface area contributed by atoms with E-state index in [0.29, 0.717) is 5.65 Å². The van der Waals surface area contributed by atoms with Gasteiger partial charge >= 0.3 is 5.97 Å². The number of halogens is 1. The van der Waals surface area contributed by atoms with Crippen LogP contribution in [0.3, 0.4) is 0 Å². The van der Waals surface area contributed by atoms with E-state index in [9.17, 15) is 14.7 Å². The molecular formula is C17H14ClN3O3. The summed E-state index contributed by atoms with van der Waals surface area (Å²) in [6.45, 7) is 0. The third-order valence-corrected chi connectivity index (χ3v) is 3.85. The number of aliphatic carboxylic acids is 1. The molecular weight excluding hydrogens is 330 g/mol. The standard InChI is InChI=1S/C17H14ClN3O3/c18-15-14(21-9-5-4-8-13(21)20-15)16(22)19-12(17(23)24)10-11-6-2-1-3-7-11/h1-9,12H,10H2,(H,19,22)(H,23,24)/t12-/m0/s1. The molecule has 122 valence electrons. The Hall–Kier alpha value is -2.86. The van der Waals surface area contributed by atoms with Crippen LogP contribution in [0.15, 0.2) is 54.7 Å². The maximum atomic E-state index is 12.5. The van der Waals surface area contributed by atoms with Crippen LogP contribution in [0.2, 0.25) is 5.15 Å². The third kappa shape index (κ3) is 3.23. The molecule has 2 N–H and O–H groups in total. The Kier molecular flexibility index (Phi) is 4.48. The van der Waals surface area contributed by atoms with E-state index >= 15 is 0 Å². The smallest absolute Gasteiger partial charge is 0.326 e. The van der Waals surface area contributed by atoms with Crippen LogP contribution < -0.4 is 5.32 Å². The molecule has 0 aliphatic heterocycles. The molecule has 1 aromatic carbocycles. The van der Waals surface area contributed by atoms with Gasteiger partial charge in [0.1, 0.15) is 11.7 Å². The molecule has 2 heterocycles. The summed E-state index contributed by atoms with van der Waals surface area (Å²) in [6.07, 6.45) is 1.83. The number of carbonyl (C=O) groups excluding carboxylic acids is 1. The van der Waals surface area contributed by atoms with Crippen molar-refractivity contribution in [2.45, 2.75) is 12.5 Å². The van der Waals surface area contributed by atoms with E-state index in [1.807, 2.05) is 30.3 Å². The van der Waals surface area contributed by atoms with Gasteiger partial charge in [0, 0.05) is 12.6 Å². The second-order valence-corrected chi connectivity index (χ2v) is 5.59. The first kappa shape index (κ1) is 16.0. The quantitative estimate of drug-likeness (QED) is 0.745. The maximum absolute atomic E-state index is 12.5. The number of hydrogen-bond acceptors (Lipinski definition) is 3. The van der Waals surface area contributed by atoms with Gasteiger partial charge in [-0.25, -0.2) is 9.78 Å². The fraction of sp³-hybridized carbons (Fsp3) is 0.118. The Morgan fingerprint density at radius 2 is 1.88 bits per heavy atom. The highest BCUT2D eigenvalue weighted by molar-refractivity contribution is 6.32. The predicted octanol–water partition coefficient (Wildman–Crippen LogP) is 2.41. The molecule has 1 amide bonds. The van der Waals surface area contributed by atoms with E-state index in [4.69, 9.17) is 11.6 Å². The summed E-state index contributed by atoms with van der Waals surface area (Å²) in [6, 6.07) is 13.2. The number of imidazole rings is 1. The summed E-state index contributed by atoms with van der Waals surface area (Å²) < 4.78 is 1.53. The van der Waals surface area contributed by atoms with Crippen molar-refractivity contribution >= 4 is 29.1 Å². The molecule has 6 nitrogen and oxygen atoms in total. The molecule has 0 saturated heterocycles. The van der Waals surface area contributed by atoms with Gasteiger partial charge in [0.05, 0.1) is 0 Å². The van der Waals surface area contributed by atoms with Crippen LogP contribution in [0.1, 0.15) is 16.1 Å². The van der Waals surface area contributed by atoms with Gasteiger partial charge in [-0.05, 0) is 17.7 Å². The average Bonchev–Trinajstić information content (AvgIpc) is 2.90. The molecule has 0 bridgehead atoms. The lowest BCUT2D eigenvalue weighted by atomic mass is 10.1. The molecule has 0 fully saturated rings. The van der Waals surface area contributed by atoms with Crippen LogP contribution in [0, 0.1) is 0 Å². The zero-order valence-corrected chi connectivity index (χ0v) is 13.3. The van der Waals surface area contributed by atoms with Crippen molar-refractivity contribution in [1.29, 1.82) is 0 Å². The number of carboxylic acid groups (broad SMARTS) is 1. The molecule has 1 atom stereocenters. The number of benzene rings is 1. The van der Waals surface area contributed by atoms with Crippen molar-refractivity contribution in [2.75, 3.05) is 0 Å². The molecule has 3 rings (SSSR count). The minimum atomic E-state index is -1.11. The Morgan fingerprint density at radius 1 is 1.17 bits per heavy atom. The molecule has 0 spiro atoms. The van der Waals surface area contributed by atoms with E-state index in [0.717, 1.165) is 5.56 Å². The predicted molar refractivity (Wildman–Crippen MR) is 89.2 cm³/mol. The van der Waals surface area contributed by atoms with E-state index in [2.05, 4.69) is 10.3 Å². The first-order valence-corrected chi connectivity index (χ1v) is 7.64. The number of fused-ring (bicyclic) bond motifs is 1. The van der Waals surface area contributed by atoms with Crippen molar-refractivity contribution in [3.63, 3.8) is 0 Å². The Balaban J connectivity index is 1.85. The summed E-state index contributed by atoms with van der Waals surface area (Å²) in [5, 5.41) is 11.9. The first-order valence-electron chi connectivity index (χ1n) is 7.26. The highest BCUT2D eigenvalue weighted by Gasteiger charge is 2.25. The summed E-state index contributed by atoms with van der Waals surface area (Å²) in [4.78, 5) is 28.1. The lowest BCUT2D eigenvalue weighted by molar-refractivity contribution is -0.139. The lowest BCUT2D eigenvalue weighted by Crippen LogP contribution is -2.42. The topological polar surface area (TPSA) is 83.7 Å². The highest BCUT2D eigenvalue weighted by Crippen LogP contribution is 2.17. The van der Waals surface area contributed by atoms with Crippen molar-refractivity contribution in [1.82, 2.24) is 14.7 Å². The van der Waals surface area contributed by atoms with Gasteiger partial charge in [-0.1, -0.05) is 48.0 Å². The van der Waals surface area contributed by atoms with Crippen LogP contribution in [0.5, 0.6) is 0 Å². The molecule has 7 heteroatoms. The molecule has 0 radical (unpaired) electrons. The van der Waals surface area contributed by atoms with Gasteiger partial charge in [-0.15, -0.1) is 0 Å². The van der Waals surface area contributed by atoms with Gasteiger partial charge in [0.15, 0.2) is 10.8 Å². The van der Waals surface area contributed by atoms with Crippen LogP contribution in [-0.2, 0) is 11.2 Å². The van der Waals surface area contributed by atoms with Crippen LogP contribution in [-0.4, -0.2) is 32.4 Å². The highest BCUT2D eigenvalue weighted by atomic mass is 35.5. The number of aromatic nitrogens is 2. The van der Waals surface area contributed by atoms with Crippen LogP contribution in [0.25, 0.3) is 5.65 Å². The van der Waals surface area contributed by atoms with E-state index in [1.54, 1.807) is 24.4 Å². The monoisotopic (exact) mass is 343 g/mol. The minimum absolute atomic E-state index is 0.0301. The average molecular weight is 344 g/mol. The number of carbonyl (C=O) groups is 2. The van der Waals surface area contributed by atoms with E-state index < -0.39 is 17.9 Å². The first-order chi connectivity index (χ1) is 11.6.